The highest BCUT2D eigenvalue weighted by molar-refractivity contribution is 5.50. The van der Waals surface area contributed by atoms with Gasteiger partial charge in [0, 0.05) is 30.8 Å². The van der Waals surface area contributed by atoms with Crippen molar-refractivity contribution in [1.82, 2.24) is 0 Å². The van der Waals surface area contributed by atoms with Crippen molar-refractivity contribution in [3.8, 4) is 0 Å². The summed E-state index contributed by atoms with van der Waals surface area (Å²) in [6.45, 7) is 4.32. The quantitative estimate of drug-likeness (QED) is 0.393. The van der Waals surface area contributed by atoms with Gasteiger partial charge in [-0.3, -0.25) is 10.1 Å². The van der Waals surface area contributed by atoms with E-state index in [9.17, 15) is 10.1 Å². The van der Waals surface area contributed by atoms with Crippen LogP contribution in [0.3, 0.4) is 0 Å². The molecule has 0 aromatic heterocycles. The maximum Gasteiger partial charge on any atom is 0.269 e. The number of halogens is 1. The Bertz CT molecular complexity index is 434. The van der Waals surface area contributed by atoms with E-state index in [1.165, 1.54) is 6.54 Å². The van der Waals surface area contributed by atoms with Gasteiger partial charge in [0.1, 0.15) is 0 Å². The molecule has 0 saturated carbocycles. The molecule has 0 radical (unpaired) electrons. The number of likely N-dealkylation sites (N-methyl/N-ethyl adjacent to an activating group) is 1. The standard InChI is InChI=1S/C13H20N3O2.ClH/c1-16(2)10-3-8-14(9-11-16)12-4-6-13(7-5-12)15(17)18;/h4-7H,3,8-11H2,1-2H3;1H/q+1;/p-1. The normalized spacial score (nSPS) is 18.3. The van der Waals surface area contributed by atoms with Gasteiger partial charge in [0.25, 0.3) is 5.69 Å². The molecule has 1 aliphatic heterocycles. The minimum atomic E-state index is -0.355. The highest BCUT2D eigenvalue weighted by Crippen LogP contribution is 2.21. The van der Waals surface area contributed by atoms with Gasteiger partial charge in [-0.15, -0.1) is 0 Å². The van der Waals surface area contributed by atoms with Crippen molar-refractivity contribution in [2.75, 3.05) is 45.2 Å². The molecule has 0 atom stereocenters. The van der Waals surface area contributed by atoms with E-state index in [-0.39, 0.29) is 23.0 Å². The first kappa shape index (κ1) is 15.7. The van der Waals surface area contributed by atoms with Gasteiger partial charge < -0.3 is 21.8 Å². The molecule has 106 valence electrons. The van der Waals surface area contributed by atoms with Crippen LogP contribution in [0.4, 0.5) is 11.4 Å². The third kappa shape index (κ3) is 4.08. The van der Waals surface area contributed by atoms with Crippen LogP contribution in [0.1, 0.15) is 6.42 Å². The molecule has 0 unspecified atom stereocenters. The number of nitro groups is 1. The fourth-order valence-electron chi connectivity index (χ4n) is 2.35. The van der Waals surface area contributed by atoms with Gasteiger partial charge in [-0.1, -0.05) is 0 Å². The molecule has 1 aromatic carbocycles. The zero-order chi connectivity index (χ0) is 13.2. The van der Waals surface area contributed by atoms with E-state index in [4.69, 9.17) is 0 Å². The van der Waals surface area contributed by atoms with E-state index in [2.05, 4.69) is 19.0 Å². The minimum Gasteiger partial charge on any atom is -1.00 e. The number of anilines is 1. The largest absolute Gasteiger partial charge is 1.00 e. The van der Waals surface area contributed by atoms with E-state index in [0.717, 1.165) is 36.2 Å². The van der Waals surface area contributed by atoms with Crippen molar-refractivity contribution >= 4 is 11.4 Å². The fraction of sp³-hybridized carbons (Fsp3) is 0.538. The van der Waals surface area contributed by atoms with Gasteiger partial charge in [0.15, 0.2) is 0 Å². The molecule has 1 fully saturated rings. The monoisotopic (exact) mass is 285 g/mol. The van der Waals surface area contributed by atoms with E-state index in [0.29, 0.717) is 0 Å². The second kappa shape index (κ2) is 6.21. The smallest absolute Gasteiger partial charge is 0.269 e. The summed E-state index contributed by atoms with van der Waals surface area (Å²) >= 11 is 0. The van der Waals surface area contributed by atoms with Crippen LogP contribution in [0.5, 0.6) is 0 Å². The molecule has 19 heavy (non-hydrogen) atoms. The van der Waals surface area contributed by atoms with Gasteiger partial charge in [-0.25, -0.2) is 0 Å². The number of non-ortho nitro benzene ring substituents is 1. The number of hydrogen-bond donors (Lipinski definition) is 0. The molecule has 0 aliphatic carbocycles. The summed E-state index contributed by atoms with van der Waals surface area (Å²) in [5.41, 5.74) is 1.24. The Labute approximate surface area is 120 Å². The van der Waals surface area contributed by atoms with E-state index >= 15 is 0 Å². The number of quaternary nitrogens is 1. The molecule has 2 rings (SSSR count). The number of nitro benzene ring substituents is 1. The van der Waals surface area contributed by atoms with Crippen molar-refractivity contribution in [1.29, 1.82) is 0 Å². The fourth-order valence-corrected chi connectivity index (χ4v) is 2.35. The Morgan fingerprint density at radius 3 is 2.37 bits per heavy atom. The highest BCUT2D eigenvalue weighted by Gasteiger charge is 2.21. The Morgan fingerprint density at radius 2 is 1.79 bits per heavy atom. The Balaban J connectivity index is 0.00000180. The lowest BCUT2D eigenvalue weighted by Crippen LogP contribution is -3.00. The number of hydrogen-bond acceptors (Lipinski definition) is 3. The van der Waals surface area contributed by atoms with Crippen molar-refractivity contribution in [2.24, 2.45) is 0 Å². The second-order valence-electron chi connectivity index (χ2n) is 5.50. The maximum atomic E-state index is 10.6. The summed E-state index contributed by atoms with van der Waals surface area (Å²) < 4.78 is 1.05. The minimum absolute atomic E-state index is 0. The zero-order valence-electron chi connectivity index (χ0n) is 11.4. The van der Waals surface area contributed by atoms with Crippen molar-refractivity contribution in [2.45, 2.75) is 6.42 Å². The van der Waals surface area contributed by atoms with Gasteiger partial charge >= 0.3 is 0 Å². The summed E-state index contributed by atoms with van der Waals surface area (Å²) in [5.74, 6) is 0. The number of rotatable bonds is 2. The van der Waals surface area contributed by atoms with Crippen LogP contribution in [0.25, 0.3) is 0 Å². The van der Waals surface area contributed by atoms with Gasteiger partial charge in [-0.05, 0) is 12.1 Å². The first-order valence-electron chi connectivity index (χ1n) is 6.29. The SMILES string of the molecule is C[N+]1(C)CCCN(c2ccc([N+](=O)[O-])cc2)CC1.[Cl-]. The van der Waals surface area contributed by atoms with Crippen LogP contribution >= 0.6 is 0 Å². The first-order valence-corrected chi connectivity index (χ1v) is 6.29. The molecular weight excluding hydrogens is 266 g/mol. The van der Waals surface area contributed by atoms with Crippen LogP contribution < -0.4 is 17.3 Å². The summed E-state index contributed by atoms with van der Waals surface area (Å²) in [5, 5.41) is 10.6. The Hall–Kier alpha value is -1.33. The van der Waals surface area contributed by atoms with Crippen LogP contribution in [-0.2, 0) is 0 Å². The lowest BCUT2D eigenvalue weighted by atomic mass is 10.2. The second-order valence-corrected chi connectivity index (χ2v) is 5.50. The van der Waals surface area contributed by atoms with Gasteiger partial charge in [-0.2, -0.15) is 0 Å². The maximum absolute atomic E-state index is 10.6. The van der Waals surface area contributed by atoms with E-state index < -0.39 is 0 Å². The molecule has 1 aromatic rings. The highest BCUT2D eigenvalue weighted by atomic mass is 35.5. The van der Waals surface area contributed by atoms with Gasteiger partial charge in [0.05, 0.1) is 38.7 Å². The predicted molar refractivity (Wildman–Crippen MR) is 71.8 cm³/mol. The molecular formula is C13H20ClN3O2. The van der Waals surface area contributed by atoms with E-state index in [1.54, 1.807) is 12.1 Å². The lowest BCUT2D eigenvalue weighted by Gasteiger charge is -2.28. The molecule has 5 nitrogen and oxygen atoms in total. The van der Waals surface area contributed by atoms with Crippen molar-refractivity contribution in [3.63, 3.8) is 0 Å². The average Bonchev–Trinajstić information content (AvgIpc) is 2.50. The summed E-state index contributed by atoms with van der Waals surface area (Å²) in [7, 11) is 4.50. The first-order chi connectivity index (χ1) is 8.48. The third-order valence-electron chi connectivity index (χ3n) is 3.59. The van der Waals surface area contributed by atoms with Crippen LogP contribution in [0.15, 0.2) is 24.3 Å². The summed E-state index contributed by atoms with van der Waals surface area (Å²) in [4.78, 5) is 12.6. The molecule has 1 heterocycles. The lowest BCUT2D eigenvalue weighted by molar-refractivity contribution is -0.887. The molecule has 0 N–H and O–H groups in total. The molecule has 0 amide bonds. The molecule has 6 heteroatoms. The average molecular weight is 286 g/mol. The van der Waals surface area contributed by atoms with Crippen LogP contribution in [0, 0.1) is 10.1 Å². The topological polar surface area (TPSA) is 46.4 Å². The predicted octanol–water partition coefficient (Wildman–Crippen LogP) is -1.11. The van der Waals surface area contributed by atoms with Crippen LogP contribution in [0.2, 0.25) is 0 Å². The molecule has 0 spiro atoms. The van der Waals surface area contributed by atoms with Crippen molar-refractivity contribution in [3.05, 3.63) is 34.4 Å². The Kier molecular flexibility index (Phi) is 5.14. The zero-order valence-corrected chi connectivity index (χ0v) is 12.1. The molecule has 1 aliphatic rings. The van der Waals surface area contributed by atoms with Crippen molar-refractivity contribution < 1.29 is 21.8 Å². The van der Waals surface area contributed by atoms with Gasteiger partial charge in [0.2, 0.25) is 0 Å². The molecule has 0 bridgehead atoms. The number of nitrogens with zero attached hydrogens (tertiary/aromatic N) is 3. The van der Waals surface area contributed by atoms with Crippen LogP contribution in [-0.4, -0.2) is 49.7 Å². The summed E-state index contributed by atoms with van der Waals surface area (Å²) in [6.07, 6.45) is 1.16. The summed E-state index contributed by atoms with van der Waals surface area (Å²) in [6, 6.07) is 6.87. The number of benzene rings is 1. The Morgan fingerprint density at radius 1 is 1.16 bits per heavy atom. The molecule has 1 saturated heterocycles. The third-order valence-corrected chi connectivity index (χ3v) is 3.59. The van der Waals surface area contributed by atoms with E-state index in [1.807, 2.05) is 12.1 Å².